The standard InChI is InChI=1S/C26H25N.C3H6/c1-18-17-25(27-24-8-6-5-7-23(18)24)21-11-9-19(10-12-21)20-13-15-22(16-14-20)26(2,3)4;1-3-2/h5-17H,1-4H3;3H,1H2,2H3. The number of aromatic nitrogens is 1. The minimum atomic E-state index is 0.183. The molecule has 1 nitrogen and oxygen atoms in total. The topological polar surface area (TPSA) is 12.9 Å². The number of pyridine rings is 1. The highest BCUT2D eigenvalue weighted by Crippen LogP contribution is 2.29. The molecule has 0 aliphatic carbocycles. The molecule has 1 heterocycles. The molecule has 0 aliphatic heterocycles. The van der Waals surface area contributed by atoms with E-state index in [1.165, 1.54) is 27.6 Å². The second-order valence-corrected chi connectivity index (χ2v) is 8.65. The van der Waals surface area contributed by atoms with E-state index in [1.807, 2.05) is 13.0 Å². The molecule has 0 unspecified atom stereocenters. The molecule has 0 N–H and O–H groups in total. The van der Waals surface area contributed by atoms with Crippen LogP contribution in [0.1, 0.15) is 38.8 Å². The molecule has 0 atom stereocenters. The van der Waals surface area contributed by atoms with Crippen LogP contribution in [-0.2, 0) is 5.41 Å². The van der Waals surface area contributed by atoms with Crippen LogP contribution in [0.15, 0.2) is 91.5 Å². The molecule has 4 aromatic rings. The van der Waals surface area contributed by atoms with Gasteiger partial charge < -0.3 is 0 Å². The Kier molecular flexibility index (Phi) is 6.52. The van der Waals surface area contributed by atoms with Crippen LogP contribution in [0.25, 0.3) is 33.3 Å². The average molecular weight is 394 g/mol. The Balaban J connectivity index is 0.000000806. The van der Waals surface area contributed by atoms with Crippen molar-refractivity contribution in [2.45, 2.75) is 40.0 Å². The lowest BCUT2D eigenvalue weighted by Gasteiger charge is -2.19. The zero-order valence-corrected chi connectivity index (χ0v) is 18.7. The third kappa shape index (κ3) is 4.86. The summed E-state index contributed by atoms with van der Waals surface area (Å²) < 4.78 is 0. The molecule has 152 valence electrons. The lowest BCUT2D eigenvalue weighted by Crippen LogP contribution is -2.10. The van der Waals surface area contributed by atoms with Crippen LogP contribution < -0.4 is 0 Å². The number of para-hydroxylation sites is 1. The van der Waals surface area contributed by atoms with Gasteiger partial charge in [0.05, 0.1) is 11.2 Å². The number of hydrogen-bond acceptors (Lipinski definition) is 1. The van der Waals surface area contributed by atoms with Crippen LogP contribution in [0.5, 0.6) is 0 Å². The fourth-order valence-corrected chi connectivity index (χ4v) is 3.49. The molecule has 0 aliphatic rings. The van der Waals surface area contributed by atoms with Crippen molar-refractivity contribution in [2.75, 3.05) is 0 Å². The summed E-state index contributed by atoms with van der Waals surface area (Å²) in [6, 6.07) is 28.1. The summed E-state index contributed by atoms with van der Waals surface area (Å²) in [6.45, 7) is 14.1. The highest BCUT2D eigenvalue weighted by Gasteiger charge is 2.13. The van der Waals surface area contributed by atoms with Gasteiger partial charge in [-0.05, 0) is 53.6 Å². The first-order chi connectivity index (χ1) is 14.3. The zero-order valence-electron chi connectivity index (χ0n) is 18.7. The molecule has 0 bridgehead atoms. The maximum absolute atomic E-state index is 4.85. The predicted molar refractivity (Wildman–Crippen MR) is 132 cm³/mol. The van der Waals surface area contributed by atoms with Crippen molar-refractivity contribution in [1.29, 1.82) is 0 Å². The van der Waals surface area contributed by atoms with Gasteiger partial charge in [-0.1, -0.05) is 93.6 Å². The summed E-state index contributed by atoms with van der Waals surface area (Å²) in [5.74, 6) is 0. The van der Waals surface area contributed by atoms with Crippen LogP contribution >= 0.6 is 0 Å². The van der Waals surface area contributed by atoms with Gasteiger partial charge in [0.2, 0.25) is 0 Å². The minimum Gasteiger partial charge on any atom is -0.248 e. The lowest BCUT2D eigenvalue weighted by atomic mass is 9.86. The summed E-state index contributed by atoms with van der Waals surface area (Å²) in [5, 5.41) is 1.22. The van der Waals surface area contributed by atoms with Gasteiger partial charge in [-0.2, -0.15) is 0 Å². The van der Waals surface area contributed by atoms with Crippen molar-refractivity contribution < 1.29 is 0 Å². The Morgan fingerprint density at radius 1 is 0.767 bits per heavy atom. The Morgan fingerprint density at radius 2 is 1.27 bits per heavy atom. The molecule has 0 saturated carbocycles. The smallest absolute Gasteiger partial charge is 0.0712 e. The summed E-state index contributed by atoms with van der Waals surface area (Å²) in [5.41, 5.74) is 8.52. The van der Waals surface area contributed by atoms with Gasteiger partial charge in [0.15, 0.2) is 0 Å². The van der Waals surface area contributed by atoms with Gasteiger partial charge in [-0.25, -0.2) is 4.98 Å². The normalized spacial score (nSPS) is 11.0. The summed E-state index contributed by atoms with van der Waals surface area (Å²) in [6.07, 6.45) is 1.75. The summed E-state index contributed by atoms with van der Waals surface area (Å²) in [4.78, 5) is 4.85. The van der Waals surface area contributed by atoms with Crippen molar-refractivity contribution in [1.82, 2.24) is 4.98 Å². The second-order valence-electron chi connectivity index (χ2n) is 8.65. The van der Waals surface area contributed by atoms with E-state index in [9.17, 15) is 0 Å². The van der Waals surface area contributed by atoms with Crippen LogP contribution in [0.4, 0.5) is 0 Å². The van der Waals surface area contributed by atoms with Gasteiger partial charge in [-0.15, -0.1) is 6.58 Å². The highest BCUT2D eigenvalue weighted by molar-refractivity contribution is 5.85. The van der Waals surface area contributed by atoms with Gasteiger partial charge in [0.1, 0.15) is 0 Å². The summed E-state index contributed by atoms with van der Waals surface area (Å²) in [7, 11) is 0. The molecule has 0 radical (unpaired) electrons. The van der Waals surface area contributed by atoms with Crippen molar-refractivity contribution in [2.24, 2.45) is 0 Å². The zero-order chi connectivity index (χ0) is 21.7. The molecular formula is C29H31N. The maximum atomic E-state index is 4.85. The highest BCUT2D eigenvalue weighted by atomic mass is 14.7. The molecule has 4 rings (SSSR count). The quantitative estimate of drug-likeness (QED) is 0.312. The van der Waals surface area contributed by atoms with Gasteiger partial charge in [0, 0.05) is 10.9 Å². The van der Waals surface area contributed by atoms with E-state index in [4.69, 9.17) is 4.98 Å². The molecule has 0 saturated heterocycles. The van der Waals surface area contributed by atoms with E-state index >= 15 is 0 Å². The second kappa shape index (κ2) is 9.09. The van der Waals surface area contributed by atoms with E-state index in [0.717, 1.165) is 16.8 Å². The van der Waals surface area contributed by atoms with E-state index in [2.05, 4.69) is 107 Å². The molecular weight excluding hydrogens is 362 g/mol. The number of rotatable bonds is 2. The van der Waals surface area contributed by atoms with Gasteiger partial charge in [0.25, 0.3) is 0 Å². The van der Waals surface area contributed by atoms with Gasteiger partial charge >= 0.3 is 0 Å². The molecule has 0 amide bonds. The fourth-order valence-electron chi connectivity index (χ4n) is 3.49. The van der Waals surface area contributed by atoms with Crippen molar-refractivity contribution in [3.63, 3.8) is 0 Å². The van der Waals surface area contributed by atoms with Crippen LogP contribution in [-0.4, -0.2) is 4.98 Å². The number of benzene rings is 3. The molecule has 3 aromatic carbocycles. The lowest BCUT2D eigenvalue weighted by molar-refractivity contribution is 0.590. The van der Waals surface area contributed by atoms with Crippen molar-refractivity contribution >= 4 is 10.9 Å². The number of hydrogen-bond donors (Lipinski definition) is 0. The molecule has 1 heteroatoms. The minimum absolute atomic E-state index is 0.183. The molecule has 0 fully saturated rings. The fraction of sp³-hybridized carbons (Fsp3) is 0.207. The number of aryl methyl sites for hydroxylation is 1. The Morgan fingerprint density at radius 3 is 1.83 bits per heavy atom. The van der Waals surface area contributed by atoms with E-state index in [1.54, 1.807) is 6.08 Å². The molecule has 30 heavy (non-hydrogen) atoms. The first kappa shape index (κ1) is 21.5. The Hall–Kier alpha value is -3.19. The van der Waals surface area contributed by atoms with Crippen LogP contribution in [0.2, 0.25) is 0 Å². The number of nitrogens with zero attached hydrogens (tertiary/aromatic N) is 1. The Bertz CT molecular complexity index is 1130. The van der Waals surface area contributed by atoms with Gasteiger partial charge in [-0.3, -0.25) is 0 Å². The molecule has 1 aromatic heterocycles. The average Bonchev–Trinajstić information content (AvgIpc) is 2.74. The first-order valence-electron chi connectivity index (χ1n) is 10.5. The Labute approximate surface area is 181 Å². The largest absolute Gasteiger partial charge is 0.248 e. The maximum Gasteiger partial charge on any atom is 0.0712 e. The SMILES string of the molecule is C=CC.Cc1cc(-c2ccc(-c3ccc(C(C)(C)C)cc3)cc2)nc2ccccc12. The number of allylic oxidation sites excluding steroid dienone is 1. The monoisotopic (exact) mass is 393 g/mol. The molecule has 0 spiro atoms. The summed E-state index contributed by atoms with van der Waals surface area (Å²) >= 11 is 0. The third-order valence-corrected chi connectivity index (χ3v) is 5.19. The van der Waals surface area contributed by atoms with Crippen molar-refractivity contribution in [3.8, 4) is 22.4 Å². The van der Waals surface area contributed by atoms with E-state index in [0.29, 0.717) is 0 Å². The van der Waals surface area contributed by atoms with Crippen LogP contribution in [0, 0.1) is 6.92 Å². The number of fused-ring (bicyclic) bond motifs is 1. The predicted octanol–water partition coefficient (Wildman–Crippen LogP) is 8.37. The first-order valence-corrected chi connectivity index (χ1v) is 10.5. The van der Waals surface area contributed by atoms with Crippen LogP contribution in [0.3, 0.4) is 0 Å². The third-order valence-electron chi connectivity index (χ3n) is 5.19. The van der Waals surface area contributed by atoms with E-state index < -0.39 is 0 Å². The van der Waals surface area contributed by atoms with E-state index in [-0.39, 0.29) is 5.41 Å². The van der Waals surface area contributed by atoms with Crippen molar-refractivity contribution in [3.05, 3.63) is 103 Å².